The Morgan fingerprint density at radius 3 is 2.72 bits per heavy atom. The number of hydrogen-bond donors (Lipinski definition) is 1. The zero-order chi connectivity index (χ0) is 18.0. The number of carbonyl (C=O) groups is 1. The van der Waals surface area contributed by atoms with E-state index < -0.39 is 11.4 Å². The van der Waals surface area contributed by atoms with Crippen molar-refractivity contribution >= 4 is 11.9 Å². The summed E-state index contributed by atoms with van der Waals surface area (Å²) in [6.07, 6.45) is 6.38. The second-order valence-corrected chi connectivity index (χ2v) is 7.30. The van der Waals surface area contributed by atoms with Gasteiger partial charge in [-0.1, -0.05) is 38.2 Å². The molecule has 1 amide bonds. The van der Waals surface area contributed by atoms with Gasteiger partial charge in [0, 0.05) is 7.05 Å². The molecule has 0 radical (unpaired) electrons. The van der Waals surface area contributed by atoms with E-state index in [9.17, 15) is 9.18 Å². The van der Waals surface area contributed by atoms with E-state index in [4.69, 9.17) is 10.5 Å². The standard InChI is InChI=1S/C19H26FN3O2/c1-13-8-9-15(20)16(10-13)25-12-19(11-14-6-4-3-5-7-14)17(24)23(2)18(21)22-19/h8-10,14H,3-7,11-12H2,1-2H3,(H2,21,22). The summed E-state index contributed by atoms with van der Waals surface area (Å²) in [4.78, 5) is 18.7. The molecular weight excluding hydrogens is 321 g/mol. The van der Waals surface area contributed by atoms with Gasteiger partial charge in [-0.25, -0.2) is 9.38 Å². The number of benzene rings is 1. The van der Waals surface area contributed by atoms with Crippen LogP contribution in [0, 0.1) is 18.7 Å². The molecule has 2 aliphatic rings. The van der Waals surface area contributed by atoms with Crippen LogP contribution in [0.1, 0.15) is 44.1 Å². The molecule has 3 rings (SSSR count). The number of amides is 1. The number of hydrogen-bond acceptors (Lipinski definition) is 4. The Morgan fingerprint density at radius 2 is 2.08 bits per heavy atom. The van der Waals surface area contributed by atoms with Crippen molar-refractivity contribution < 1.29 is 13.9 Å². The van der Waals surface area contributed by atoms with Gasteiger partial charge < -0.3 is 10.5 Å². The molecule has 1 unspecified atom stereocenters. The lowest BCUT2D eigenvalue weighted by Gasteiger charge is -2.31. The largest absolute Gasteiger partial charge is 0.487 e. The molecule has 0 saturated heterocycles. The van der Waals surface area contributed by atoms with Gasteiger partial charge in [0.05, 0.1) is 0 Å². The Labute approximate surface area is 148 Å². The molecule has 25 heavy (non-hydrogen) atoms. The molecule has 136 valence electrons. The van der Waals surface area contributed by atoms with Crippen molar-refractivity contribution in [1.82, 2.24) is 4.90 Å². The minimum Gasteiger partial charge on any atom is -0.487 e. The fraction of sp³-hybridized carbons (Fsp3) is 0.579. The van der Waals surface area contributed by atoms with Gasteiger partial charge in [-0.15, -0.1) is 0 Å². The highest BCUT2D eigenvalue weighted by atomic mass is 19.1. The van der Waals surface area contributed by atoms with Crippen LogP contribution in [0.15, 0.2) is 23.2 Å². The first-order chi connectivity index (χ1) is 11.9. The highest BCUT2D eigenvalue weighted by molar-refractivity contribution is 6.06. The second kappa shape index (κ2) is 7.02. The molecule has 1 aromatic rings. The second-order valence-electron chi connectivity index (χ2n) is 7.30. The first-order valence-corrected chi connectivity index (χ1v) is 8.94. The maximum Gasteiger partial charge on any atom is 0.260 e. The van der Waals surface area contributed by atoms with Crippen molar-refractivity contribution in [2.24, 2.45) is 16.6 Å². The number of aliphatic imine (C=N–C) groups is 1. The van der Waals surface area contributed by atoms with Gasteiger partial charge in [-0.3, -0.25) is 9.69 Å². The molecule has 1 aliphatic heterocycles. The molecule has 0 aromatic heterocycles. The maximum atomic E-state index is 14.0. The number of rotatable bonds is 5. The smallest absolute Gasteiger partial charge is 0.260 e. The summed E-state index contributed by atoms with van der Waals surface area (Å²) >= 11 is 0. The fourth-order valence-corrected chi connectivity index (χ4v) is 3.83. The van der Waals surface area contributed by atoms with E-state index in [0.717, 1.165) is 18.4 Å². The molecule has 1 aromatic carbocycles. The normalized spacial score (nSPS) is 24.5. The third-order valence-corrected chi connectivity index (χ3v) is 5.28. The number of nitrogens with zero attached hydrogens (tertiary/aromatic N) is 2. The lowest BCUT2D eigenvalue weighted by Crippen LogP contribution is -2.47. The van der Waals surface area contributed by atoms with Crippen molar-refractivity contribution in [2.45, 2.75) is 51.0 Å². The van der Waals surface area contributed by atoms with E-state index in [-0.39, 0.29) is 24.2 Å². The van der Waals surface area contributed by atoms with Gasteiger partial charge in [0.1, 0.15) is 6.61 Å². The Balaban J connectivity index is 1.81. The molecule has 6 heteroatoms. The minimum absolute atomic E-state index is 0.00769. The molecular formula is C19H26FN3O2. The number of ether oxygens (including phenoxy) is 1. The summed E-state index contributed by atoms with van der Waals surface area (Å²) in [6.45, 7) is 1.88. The van der Waals surface area contributed by atoms with Crippen molar-refractivity contribution in [1.29, 1.82) is 0 Å². The van der Waals surface area contributed by atoms with Crippen LogP contribution in [-0.4, -0.2) is 36.0 Å². The Bertz CT molecular complexity index is 685. The molecule has 0 bridgehead atoms. The molecule has 2 N–H and O–H groups in total. The zero-order valence-electron chi connectivity index (χ0n) is 14.9. The van der Waals surface area contributed by atoms with Gasteiger partial charge in [0.15, 0.2) is 23.1 Å². The van der Waals surface area contributed by atoms with E-state index >= 15 is 0 Å². The summed E-state index contributed by atoms with van der Waals surface area (Å²) in [6, 6.07) is 4.70. The van der Waals surface area contributed by atoms with E-state index in [2.05, 4.69) is 4.99 Å². The third-order valence-electron chi connectivity index (χ3n) is 5.28. The van der Waals surface area contributed by atoms with Crippen LogP contribution in [0.3, 0.4) is 0 Å². The first kappa shape index (κ1) is 17.7. The quantitative estimate of drug-likeness (QED) is 0.890. The highest BCUT2D eigenvalue weighted by Gasteiger charge is 2.48. The first-order valence-electron chi connectivity index (χ1n) is 8.94. The van der Waals surface area contributed by atoms with Crippen LogP contribution < -0.4 is 10.5 Å². The van der Waals surface area contributed by atoms with Gasteiger partial charge in [-0.2, -0.15) is 0 Å². The molecule has 1 aliphatic carbocycles. The van der Waals surface area contributed by atoms with Crippen LogP contribution in [0.4, 0.5) is 4.39 Å². The third kappa shape index (κ3) is 3.62. The Morgan fingerprint density at radius 1 is 1.36 bits per heavy atom. The molecule has 1 atom stereocenters. The Hall–Kier alpha value is -2.11. The lowest BCUT2D eigenvalue weighted by molar-refractivity contribution is -0.132. The topological polar surface area (TPSA) is 67.9 Å². The van der Waals surface area contributed by atoms with Gasteiger partial charge >= 0.3 is 0 Å². The average Bonchev–Trinajstić information content (AvgIpc) is 2.81. The molecule has 5 nitrogen and oxygen atoms in total. The highest BCUT2D eigenvalue weighted by Crippen LogP contribution is 2.36. The molecule has 1 fully saturated rings. The summed E-state index contributed by atoms with van der Waals surface area (Å²) < 4.78 is 19.7. The summed E-state index contributed by atoms with van der Waals surface area (Å²) in [5.41, 5.74) is 5.75. The van der Waals surface area contributed by atoms with E-state index in [1.165, 1.54) is 30.2 Å². The predicted octanol–water partition coefficient (Wildman–Crippen LogP) is 3.01. The van der Waals surface area contributed by atoms with Gasteiger partial charge in [-0.05, 0) is 37.0 Å². The maximum absolute atomic E-state index is 14.0. The van der Waals surface area contributed by atoms with E-state index in [1.54, 1.807) is 19.2 Å². The van der Waals surface area contributed by atoms with Crippen LogP contribution in [0.2, 0.25) is 0 Å². The van der Waals surface area contributed by atoms with Crippen LogP contribution in [0.25, 0.3) is 0 Å². The SMILES string of the molecule is Cc1ccc(F)c(OCC2(CC3CCCCC3)N=C(N)N(C)C2=O)c1. The van der Waals surface area contributed by atoms with Crippen LogP contribution >= 0.6 is 0 Å². The molecule has 0 spiro atoms. The van der Waals surface area contributed by atoms with Crippen LogP contribution in [0.5, 0.6) is 5.75 Å². The van der Waals surface area contributed by atoms with Crippen molar-refractivity contribution in [3.8, 4) is 5.75 Å². The van der Waals surface area contributed by atoms with Gasteiger partial charge in [0.2, 0.25) is 0 Å². The van der Waals surface area contributed by atoms with Crippen LogP contribution in [-0.2, 0) is 4.79 Å². The summed E-state index contributed by atoms with van der Waals surface area (Å²) in [7, 11) is 1.62. The molecule has 1 saturated carbocycles. The molecule has 1 heterocycles. The number of nitrogens with two attached hydrogens (primary N) is 1. The number of guanidine groups is 1. The van der Waals surface area contributed by atoms with Crippen molar-refractivity contribution in [2.75, 3.05) is 13.7 Å². The predicted molar refractivity (Wildman–Crippen MR) is 94.9 cm³/mol. The zero-order valence-corrected chi connectivity index (χ0v) is 14.9. The lowest BCUT2D eigenvalue weighted by atomic mass is 9.79. The minimum atomic E-state index is -1.04. The monoisotopic (exact) mass is 347 g/mol. The van der Waals surface area contributed by atoms with E-state index in [0.29, 0.717) is 12.3 Å². The number of aryl methyl sites for hydroxylation is 1. The van der Waals surface area contributed by atoms with Crippen molar-refractivity contribution in [3.05, 3.63) is 29.6 Å². The summed E-state index contributed by atoms with van der Waals surface area (Å²) in [5, 5.41) is 0. The fourth-order valence-electron chi connectivity index (χ4n) is 3.83. The summed E-state index contributed by atoms with van der Waals surface area (Å²) in [5.74, 6) is 0.178. The van der Waals surface area contributed by atoms with Crippen molar-refractivity contribution in [3.63, 3.8) is 0 Å². The Kier molecular flexibility index (Phi) is 4.97. The number of likely N-dealkylation sites (N-methyl/N-ethyl adjacent to an activating group) is 1. The number of halogens is 1. The number of carbonyl (C=O) groups excluding carboxylic acids is 1. The average molecular weight is 347 g/mol. The van der Waals surface area contributed by atoms with Gasteiger partial charge in [0.25, 0.3) is 5.91 Å². The van der Waals surface area contributed by atoms with E-state index in [1.807, 2.05) is 6.92 Å².